The number of aliphatic hydroxyl groups excluding tert-OH is 6. The second-order valence-electron chi connectivity index (χ2n) is 19.1. The maximum atomic E-state index is 14.6. The molecule has 5 rings (SSSR count). The highest BCUT2D eigenvalue weighted by atomic mass is 16.5. The fraction of sp³-hybridized carbons (Fsp3) is 0.596. The van der Waals surface area contributed by atoms with Gasteiger partial charge in [0.2, 0.25) is 5.91 Å². The predicted octanol–water partition coefficient (Wildman–Crippen LogP) is 6.30. The molecule has 6 N–H and O–H groups in total. The molecule has 354 valence electrons. The fourth-order valence-corrected chi connectivity index (χ4v) is 9.08. The summed E-state index contributed by atoms with van der Waals surface area (Å²) >= 11 is 0. The van der Waals surface area contributed by atoms with E-state index in [1.807, 2.05) is 119 Å². The molecule has 0 saturated heterocycles. The summed E-state index contributed by atoms with van der Waals surface area (Å²) in [6, 6.07) is 23.2. The Bertz CT molecular complexity index is 1930. The quantitative estimate of drug-likeness (QED) is 0.0792. The van der Waals surface area contributed by atoms with Crippen molar-refractivity contribution in [3.63, 3.8) is 0 Å². The predicted molar refractivity (Wildman–Crippen MR) is 250 cm³/mol. The van der Waals surface area contributed by atoms with E-state index in [0.29, 0.717) is 43.5 Å². The molecule has 0 radical (unpaired) electrons. The Balaban J connectivity index is 0.000000710. The number of benzene rings is 3. The molecule has 2 unspecified atom stereocenters. The van der Waals surface area contributed by atoms with E-state index in [1.54, 1.807) is 11.8 Å². The van der Waals surface area contributed by atoms with Crippen molar-refractivity contribution in [1.82, 2.24) is 4.90 Å². The van der Waals surface area contributed by atoms with Crippen molar-refractivity contribution < 1.29 is 49.8 Å². The van der Waals surface area contributed by atoms with Crippen molar-refractivity contribution >= 4 is 23.5 Å². The minimum Gasteiger partial charge on any atom is -0.464 e. The Morgan fingerprint density at radius 1 is 0.859 bits per heavy atom. The van der Waals surface area contributed by atoms with Gasteiger partial charge >= 0.3 is 5.97 Å². The summed E-state index contributed by atoms with van der Waals surface area (Å²) in [7, 11) is 0. The average molecular weight is 889 g/mol. The molecule has 0 heterocycles. The lowest BCUT2D eigenvalue weighted by atomic mass is 9.82. The third-order valence-electron chi connectivity index (χ3n) is 13.8. The second-order valence-corrected chi connectivity index (χ2v) is 19.1. The third kappa shape index (κ3) is 13.0. The highest BCUT2D eigenvalue weighted by molar-refractivity contribution is 6.01. The van der Waals surface area contributed by atoms with E-state index < -0.39 is 35.9 Å². The number of aliphatic hydroxyl groups is 6. The van der Waals surface area contributed by atoms with Crippen LogP contribution in [0.3, 0.4) is 0 Å². The number of rotatable bonds is 18. The Hall–Kier alpha value is -4.17. The number of hydrogen-bond donors (Lipinski definition) is 6. The zero-order chi connectivity index (χ0) is 47.4. The first-order valence-electron chi connectivity index (χ1n) is 23.3. The molecule has 0 aliphatic heterocycles. The van der Waals surface area contributed by atoms with E-state index in [0.717, 1.165) is 54.4 Å². The first kappa shape index (κ1) is 52.5. The number of ether oxygens (including phenoxy) is 1. The zero-order valence-electron chi connectivity index (χ0n) is 39.5. The number of anilines is 1. The molecule has 2 amide bonds. The largest absolute Gasteiger partial charge is 0.464 e. The van der Waals surface area contributed by atoms with Gasteiger partial charge in [-0.15, -0.1) is 0 Å². The van der Waals surface area contributed by atoms with Crippen molar-refractivity contribution in [2.45, 2.75) is 155 Å². The van der Waals surface area contributed by atoms with Gasteiger partial charge < -0.3 is 45.2 Å². The molecule has 12 heteroatoms. The van der Waals surface area contributed by atoms with Crippen LogP contribution >= 0.6 is 0 Å². The second kappa shape index (κ2) is 23.8. The summed E-state index contributed by atoms with van der Waals surface area (Å²) in [6.45, 7) is 15.9. The van der Waals surface area contributed by atoms with Gasteiger partial charge in [0.15, 0.2) is 0 Å². The van der Waals surface area contributed by atoms with Gasteiger partial charge in [-0.1, -0.05) is 108 Å². The van der Waals surface area contributed by atoms with Gasteiger partial charge in [0.05, 0.1) is 42.8 Å². The van der Waals surface area contributed by atoms with Crippen molar-refractivity contribution in [1.29, 1.82) is 0 Å². The molecule has 0 bridgehead atoms. The number of hydrogen-bond acceptors (Lipinski definition) is 10. The van der Waals surface area contributed by atoms with Gasteiger partial charge in [-0.25, -0.2) is 0 Å². The molecule has 2 fully saturated rings. The van der Waals surface area contributed by atoms with E-state index in [4.69, 9.17) is 20.1 Å². The topological polar surface area (TPSA) is 188 Å². The van der Waals surface area contributed by atoms with Crippen LogP contribution < -0.4 is 4.90 Å². The van der Waals surface area contributed by atoms with Gasteiger partial charge in [0, 0.05) is 29.8 Å². The van der Waals surface area contributed by atoms with Gasteiger partial charge in [-0.2, -0.15) is 0 Å². The van der Waals surface area contributed by atoms with Crippen molar-refractivity contribution in [2.75, 3.05) is 31.2 Å². The van der Waals surface area contributed by atoms with E-state index in [1.165, 1.54) is 0 Å². The highest BCUT2D eigenvalue weighted by Crippen LogP contribution is 2.39. The number of aryl methyl sites for hydroxylation is 2. The number of carbonyl (C=O) groups is 3. The molecule has 3 aromatic carbocycles. The maximum absolute atomic E-state index is 14.6. The fourth-order valence-electron chi connectivity index (χ4n) is 9.08. The molecule has 0 spiro atoms. The van der Waals surface area contributed by atoms with Crippen LogP contribution in [0.1, 0.15) is 126 Å². The molecule has 2 saturated carbocycles. The Morgan fingerprint density at radius 2 is 1.50 bits per heavy atom. The van der Waals surface area contributed by atoms with E-state index in [-0.39, 0.29) is 60.8 Å². The van der Waals surface area contributed by atoms with Crippen LogP contribution in [0, 0.1) is 24.7 Å². The van der Waals surface area contributed by atoms with Crippen LogP contribution in [0.2, 0.25) is 0 Å². The number of esters is 1. The molecule has 64 heavy (non-hydrogen) atoms. The normalized spacial score (nSPS) is 21.6. The molecular weight excluding hydrogens is 813 g/mol. The number of nitrogens with zero attached hydrogens (tertiary/aromatic N) is 2. The summed E-state index contributed by atoms with van der Waals surface area (Å²) in [5.74, 6) is -0.785. The monoisotopic (exact) mass is 889 g/mol. The standard InChI is InChI=1S/C45H62N2O6.C7H14O4/c1-8-45(24-14-15-25-45)47(26-28-48)41(50)39-19-13-12-16-35(39)22-23-38(49)31-36-21-20-33(4)30-40(36)46(27-29-53-42(51)34(5)32(2)3)43(52)44(6,7)37-17-10-9-11-18-37;1-3-2-4(8)6(10)7(11)5(3)9/h9-13,16-21,30,32,34,38,48-49H,8,14-15,22-29,31H2,1-7H3;3-11H,2H2,1H3/t34-,38?;3?,4-,5-,6+,7+/m01/s1. The third-order valence-corrected chi connectivity index (χ3v) is 13.8. The molecule has 3 aromatic rings. The summed E-state index contributed by atoms with van der Waals surface area (Å²) in [5.41, 5.74) is 3.69. The van der Waals surface area contributed by atoms with Crippen molar-refractivity contribution in [2.24, 2.45) is 17.8 Å². The summed E-state index contributed by atoms with van der Waals surface area (Å²) in [4.78, 5) is 45.1. The van der Waals surface area contributed by atoms with Gasteiger partial charge in [-0.05, 0) is 106 Å². The van der Waals surface area contributed by atoms with Crippen LogP contribution in [-0.2, 0) is 32.6 Å². The van der Waals surface area contributed by atoms with Crippen LogP contribution in [0.25, 0.3) is 0 Å². The van der Waals surface area contributed by atoms with E-state index in [9.17, 15) is 29.7 Å². The smallest absolute Gasteiger partial charge is 0.308 e. The SMILES string of the molecule is CC1C[C@@H](O)[C@H](O)[C@@H](O)[C@@H]1O.CCC1(N(CCO)C(=O)c2ccccc2CCC(O)Cc2ccc(C)cc2N(CCOC(=O)[C@@H](C)C(C)C)C(=O)C(C)(C)c2ccccc2)CCCC1. The first-order valence-corrected chi connectivity index (χ1v) is 23.3. The van der Waals surface area contributed by atoms with Gasteiger partial charge in [0.1, 0.15) is 18.8 Å². The Morgan fingerprint density at radius 3 is 2.12 bits per heavy atom. The molecule has 2 aliphatic carbocycles. The summed E-state index contributed by atoms with van der Waals surface area (Å²) in [6.07, 6.45) is 1.39. The molecule has 12 nitrogen and oxygen atoms in total. The highest BCUT2D eigenvalue weighted by Gasteiger charge is 2.42. The van der Waals surface area contributed by atoms with Gasteiger partial charge in [0.25, 0.3) is 5.91 Å². The Kier molecular flexibility index (Phi) is 19.5. The minimum atomic E-state index is -1.21. The Labute approximate surface area is 381 Å². The first-order chi connectivity index (χ1) is 30.3. The lowest BCUT2D eigenvalue weighted by Crippen LogP contribution is -2.52. The average Bonchev–Trinajstić information content (AvgIpc) is 3.78. The van der Waals surface area contributed by atoms with Crippen molar-refractivity contribution in [3.8, 4) is 0 Å². The maximum Gasteiger partial charge on any atom is 0.308 e. The van der Waals surface area contributed by atoms with E-state index >= 15 is 0 Å². The summed E-state index contributed by atoms with van der Waals surface area (Å²) < 4.78 is 5.71. The van der Waals surface area contributed by atoms with E-state index in [2.05, 4.69) is 6.92 Å². The zero-order valence-corrected chi connectivity index (χ0v) is 39.5. The van der Waals surface area contributed by atoms with Crippen LogP contribution in [0.15, 0.2) is 72.8 Å². The summed E-state index contributed by atoms with van der Waals surface area (Å²) in [5, 5.41) is 58.0. The lowest BCUT2D eigenvalue weighted by Gasteiger charge is -2.41. The van der Waals surface area contributed by atoms with Crippen LogP contribution in [0.4, 0.5) is 5.69 Å². The molecule has 0 aromatic heterocycles. The van der Waals surface area contributed by atoms with Crippen molar-refractivity contribution in [3.05, 3.63) is 101 Å². The lowest BCUT2D eigenvalue weighted by molar-refractivity contribution is -0.154. The van der Waals surface area contributed by atoms with Crippen LogP contribution in [0.5, 0.6) is 0 Å². The van der Waals surface area contributed by atoms with Crippen LogP contribution in [-0.4, -0.2) is 116 Å². The number of amides is 2. The molecule has 7 atom stereocenters. The number of carbonyl (C=O) groups excluding carboxylic acids is 3. The molecule has 2 aliphatic rings. The minimum absolute atomic E-state index is 0.0415. The molecular formula is C52H76N2O10. The number of β-amino-alcohol motifs (C(OH)–C–C–N with tert-alkyl or cyclic N) is 1. The van der Waals surface area contributed by atoms with Gasteiger partial charge in [-0.3, -0.25) is 14.4 Å².